The Balaban J connectivity index is 1.76. The minimum Gasteiger partial charge on any atom is -0.422 e. The predicted octanol–water partition coefficient (Wildman–Crippen LogP) is 3.39. The van der Waals surface area contributed by atoms with Crippen molar-refractivity contribution in [1.29, 1.82) is 0 Å². The summed E-state index contributed by atoms with van der Waals surface area (Å²) in [5.74, 6) is -0.623. The third-order valence-corrected chi connectivity index (χ3v) is 4.22. The number of fused-ring (bicyclic) bond motifs is 1. The molecule has 2 aromatic carbocycles. The third-order valence-electron chi connectivity index (χ3n) is 3.73. The fourth-order valence-corrected chi connectivity index (χ4v) is 2.72. The second kappa shape index (κ2) is 7.53. The molecule has 1 heterocycles. The lowest BCUT2D eigenvalue weighted by atomic mass is 10.2. The Morgan fingerprint density at radius 1 is 1.15 bits per heavy atom. The van der Waals surface area contributed by atoms with E-state index in [1.54, 1.807) is 18.2 Å². The van der Waals surface area contributed by atoms with Crippen molar-refractivity contribution >= 4 is 44.7 Å². The predicted molar refractivity (Wildman–Crippen MR) is 106 cm³/mol. The van der Waals surface area contributed by atoms with Crippen LogP contribution in [0.5, 0.6) is 0 Å². The summed E-state index contributed by atoms with van der Waals surface area (Å²) in [4.78, 5) is 26.2. The van der Waals surface area contributed by atoms with Crippen LogP contribution in [0, 0.1) is 0 Å². The number of carbonyl (C=O) groups is 1. The molecule has 0 saturated heterocycles. The van der Waals surface area contributed by atoms with Crippen molar-refractivity contribution in [3.63, 3.8) is 0 Å². The minimum absolute atomic E-state index is 0.101. The van der Waals surface area contributed by atoms with Gasteiger partial charge in [0.25, 0.3) is 5.91 Å². The van der Waals surface area contributed by atoms with Gasteiger partial charge in [-0.3, -0.25) is 4.79 Å². The number of rotatable bonds is 4. The number of anilines is 1. The van der Waals surface area contributed by atoms with Gasteiger partial charge < -0.3 is 9.32 Å². The van der Waals surface area contributed by atoms with Crippen LogP contribution in [-0.4, -0.2) is 26.2 Å². The van der Waals surface area contributed by atoms with Gasteiger partial charge in [-0.1, -0.05) is 28.1 Å². The summed E-state index contributed by atoms with van der Waals surface area (Å²) in [7, 11) is 3.91. The molecule has 0 atom stereocenters. The normalized spacial score (nSPS) is 11.0. The number of hydrazone groups is 1. The second-order valence-corrected chi connectivity index (χ2v) is 6.73. The van der Waals surface area contributed by atoms with Gasteiger partial charge in [0.2, 0.25) is 0 Å². The van der Waals surface area contributed by atoms with Gasteiger partial charge in [-0.15, -0.1) is 0 Å². The smallest absolute Gasteiger partial charge is 0.349 e. The highest BCUT2D eigenvalue weighted by Crippen LogP contribution is 2.19. The van der Waals surface area contributed by atoms with E-state index in [0.29, 0.717) is 11.0 Å². The van der Waals surface area contributed by atoms with Crippen molar-refractivity contribution in [3.05, 3.63) is 74.6 Å². The van der Waals surface area contributed by atoms with E-state index in [9.17, 15) is 9.59 Å². The molecule has 1 N–H and O–H groups in total. The van der Waals surface area contributed by atoms with Crippen LogP contribution in [0.1, 0.15) is 15.9 Å². The summed E-state index contributed by atoms with van der Waals surface area (Å²) in [5, 5.41) is 4.55. The molecule has 3 aromatic rings. The molecule has 1 aromatic heterocycles. The van der Waals surface area contributed by atoms with E-state index in [-0.39, 0.29) is 5.56 Å². The van der Waals surface area contributed by atoms with Crippen molar-refractivity contribution in [2.45, 2.75) is 0 Å². The molecule has 0 saturated carbocycles. The van der Waals surface area contributed by atoms with E-state index < -0.39 is 11.5 Å². The lowest BCUT2D eigenvalue weighted by Gasteiger charge is -2.11. The molecule has 0 radical (unpaired) electrons. The first-order chi connectivity index (χ1) is 12.4. The summed E-state index contributed by atoms with van der Waals surface area (Å²) in [6.07, 6.45) is 1.51. The first-order valence-electron chi connectivity index (χ1n) is 7.78. The average Bonchev–Trinajstić information content (AvgIpc) is 2.61. The summed E-state index contributed by atoms with van der Waals surface area (Å²) in [6, 6.07) is 14.3. The Morgan fingerprint density at radius 2 is 1.88 bits per heavy atom. The van der Waals surface area contributed by atoms with Crippen LogP contribution in [0.4, 0.5) is 5.69 Å². The third kappa shape index (κ3) is 4.00. The molecular weight excluding hydrogens is 398 g/mol. The molecule has 3 rings (SSSR count). The SMILES string of the molecule is CN(C)c1ccc(/C=N/NC(=O)c2cc3cc(Br)ccc3oc2=O)cc1. The molecule has 0 spiro atoms. The number of carbonyl (C=O) groups excluding carboxylic acids is 1. The van der Waals surface area contributed by atoms with Crippen LogP contribution in [0.2, 0.25) is 0 Å². The molecule has 0 aliphatic rings. The Bertz CT molecular complexity index is 1040. The number of benzene rings is 2. The highest BCUT2D eigenvalue weighted by molar-refractivity contribution is 9.10. The molecule has 26 heavy (non-hydrogen) atoms. The molecule has 6 nitrogen and oxygen atoms in total. The highest BCUT2D eigenvalue weighted by atomic mass is 79.9. The van der Waals surface area contributed by atoms with Crippen molar-refractivity contribution in [3.8, 4) is 0 Å². The zero-order valence-corrected chi connectivity index (χ0v) is 15.8. The van der Waals surface area contributed by atoms with Gasteiger partial charge in [0, 0.05) is 29.6 Å². The molecule has 0 aliphatic carbocycles. The molecule has 132 valence electrons. The number of nitrogens with zero attached hydrogens (tertiary/aromatic N) is 2. The first-order valence-corrected chi connectivity index (χ1v) is 8.57. The monoisotopic (exact) mass is 413 g/mol. The Labute approximate surface area is 158 Å². The van der Waals surface area contributed by atoms with Crippen molar-refractivity contribution in [2.24, 2.45) is 5.10 Å². The van der Waals surface area contributed by atoms with Gasteiger partial charge in [-0.2, -0.15) is 5.10 Å². The number of halogens is 1. The average molecular weight is 414 g/mol. The van der Waals surface area contributed by atoms with Crippen LogP contribution in [-0.2, 0) is 0 Å². The van der Waals surface area contributed by atoms with E-state index in [4.69, 9.17) is 4.42 Å². The Kier molecular flexibility index (Phi) is 5.18. The molecule has 0 unspecified atom stereocenters. The van der Waals surface area contributed by atoms with E-state index in [0.717, 1.165) is 15.7 Å². The van der Waals surface area contributed by atoms with E-state index in [1.807, 2.05) is 43.3 Å². The zero-order valence-electron chi connectivity index (χ0n) is 14.2. The van der Waals surface area contributed by atoms with Gasteiger partial charge in [0.05, 0.1) is 6.21 Å². The molecule has 7 heteroatoms. The fraction of sp³-hybridized carbons (Fsp3) is 0.105. The number of hydrogen-bond acceptors (Lipinski definition) is 5. The molecule has 0 aliphatic heterocycles. The van der Waals surface area contributed by atoms with Crippen molar-refractivity contribution < 1.29 is 9.21 Å². The molecular formula is C19H16BrN3O3. The van der Waals surface area contributed by atoms with E-state index in [2.05, 4.69) is 26.5 Å². The maximum atomic E-state index is 12.2. The highest BCUT2D eigenvalue weighted by Gasteiger charge is 2.13. The van der Waals surface area contributed by atoms with Gasteiger partial charge in [0.15, 0.2) is 0 Å². The van der Waals surface area contributed by atoms with Crippen LogP contribution < -0.4 is 16.0 Å². The van der Waals surface area contributed by atoms with Crippen LogP contribution in [0.3, 0.4) is 0 Å². The van der Waals surface area contributed by atoms with Gasteiger partial charge in [-0.05, 0) is 42.0 Å². The zero-order chi connectivity index (χ0) is 18.7. The van der Waals surface area contributed by atoms with Crippen LogP contribution in [0.25, 0.3) is 11.0 Å². The lowest BCUT2D eigenvalue weighted by molar-refractivity contribution is 0.0951. The number of nitrogens with one attached hydrogen (secondary N) is 1. The van der Waals surface area contributed by atoms with E-state index in [1.165, 1.54) is 12.3 Å². The van der Waals surface area contributed by atoms with Gasteiger partial charge >= 0.3 is 5.63 Å². The van der Waals surface area contributed by atoms with Crippen molar-refractivity contribution in [1.82, 2.24) is 5.43 Å². The second-order valence-electron chi connectivity index (χ2n) is 5.81. The molecule has 0 fully saturated rings. The first kappa shape index (κ1) is 17.9. The van der Waals surface area contributed by atoms with Crippen LogP contribution in [0.15, 0.2) is 67.3 Å². The van der Waals surface area contributed by atoms with Crippen molar-refractivity contribution in [2.75, 3.05) is 19.0 Å². The Hall–Kier alpha value is -2.93. The summed E-state index contributed by atoms with van der Waals surface area (Å²) >= 11 is 3.35. The summed E-state index contributed by atoms with van der Waals surface area (Å²) in [5.41, 5.74) is 3.85. The maximum absolute atomic E-state index is 12.2. The lowest BCUT2D eigenvalue weighted by Crippen LogP contribution is -2.24. The topological polar surface area (TPSA) is 74.9 Å². The fourth-order valence-electron chi connectivity index (χ4n) is 2.34. The summed E-state index contributed by atoms with van der Waals surface area (Å²) in [6.45, 7) is 0. The minimum atomic E-state index is -0.706. The maximum Gasteiger partial charge on any atom is 0.349 e. The summed E-state index contributed by atoms with van der Waals surface area (Å²) < 4.78 is 6.00. The van der Waals surface area contributed by atoms with Gasteiger partial charge in [-0.25, -0.2) is 10.2 Å². The Morgan fingerprint density at radius 3 is 2.58 bits per heavy atom. The standard InChI is InChI=1S/C19H16BrN3O3/c1-23(2)15-6-3-12(4-7-15)11-21-22-18(24)16-10-13-9-14(20)5-8-17(13)26-19(16)25/h3-11H,1-2H3,(H,22,24)/b21-11+. The number of amides is 1. The molecule has 0 bridgehead atoms. The van der Waals surface area contributed by atoms with E-state index >= 15 is 0 Å². The quantitative estimate of drug-likeness (QED) is 0.404. The number of hydrogen-bond donors (Lipinski definition) is 1. The van der Waals surface area contributed by atoms with Gasteiger partial charge in [0.1, 0.15) is 11.1 Å². The van der Waals surface area contributed by atoms with Crippen LogP contribution >= 0.6 is 15.9 Å². The molecule has 1 amide bonds. The largest absolute Gasteiger partial charge is 0.422 e.